The van der Waals surface area contributed by atoms with Gasteiger partial charge >= 0.3 is 0 Å². The lowest BCUT2D eigenvalue weighted by Gasteiger charge is -2.29. The van der Waals surface area contributed by atoms with Crippen LogP contribution in [0.3, 0.4) is 0 Å². The molecule has 0 fully saturated rings. The Bertz CT molecular complexity index is 437. The standard InChI is InChI=1S/C15H23NO3/c1-11-5-6-12(2)13(9-11)14(18)16-15(3,7-8-17)10-19-4/h5-6,9,17H,7-8,10H2,1-4H3,(H,16,18)/t15-/m1/s1. The van der Waals surface area contributed by atoms with Crippen molar-refractivity contribution < 1.29 is 14.6 Å². The summed E-state index contributed by atoms with van der Waals surface area (Å²) in [6, 6.07) is 5.79. The molecule has 0 aliphatic heterocycles. The van der Waals surface area contributed by atoms with Crippen LogP contribution >= 0.6 is 0 Å². The van der Waals surface area contributed by atoms with E-state index in [-0.39, 0.29) is 12.5 Å². The molecule has 4 heteroatoms. The van der Waals surface area contributed by atoms with Gasteiger partial charge in [0.05, 0.1) is 12.1 Å². The van der Waals surface area contributed by atoms with E-state index >= 15 is 0 Å². The summed E-state index contributed by atoms with van der Waals surface area (Å²) in [5, 5.41) is 12.1. The molecular formula is C15H23NO3. The maximum absolute atomic E-state index is 12.3. The second-order valence-electron chi connectivity index (χ2n) is 5.24. The number of rotatable bonds is 6. The van der Waals surface area contributed by atoms with E-state index in [0.717, 1.165) is 11.1 Å². The number of nitrogens with one attached hydrogen (secondary N) is 1. The van der Waals surface area contributed by atoms with Crippen LogP contribution in [0.15, 0.2) is 18.2 Å². The van der Waals surface area contributed by atoms with Gasteiger partial charge in [-0.05, 0) is 38.8 Å². The highest BCUT2D eigenvalue weighted by Crippen LogP contribution is 2.15. The summed E-state index contributed by atoms with van der Waals surface area (Å²) in [7, 11) is 1.58. The van der Waals surface area contributed by atoms with Crippen LogP contribution in [0.4, 0.5) is 0 Å². The molecule has 0 saturated heterocycles. The maximum Gasteiger partial charge on any atom is 0.252 e. The summed E-state index contributed by atoms with van der Waals surface area (Å²) in [6.07, 6.45) is 0.456. The minimum Gasteiger partial charge on any atom is -0.396 e. The van der Waals surface area contributed by atoms with E-state index in [1.165, 1.54) is 0 Å². The molecule has 1 aromatic rings. The molecule has 0 heterocycles. The Morgan fingerprint density at radius 3 is 2.68 bits per heavy atom. The Balaban J connectivity index is 2.90. The molecule has 2 N–H and O–H groups in total. The molecule has 0 aliphatic carbocycles. The summed E-state index contributed by atoms with van der Waals surface area (Å²) >= 11 is 0. The summed E-state index contributed by atoms with van der Waals surface area (Å²) < 4.78 is 5.12. The number of hydrogen-bond acceptors (Lipinski definition) is 3. The zero-order valence-corrected chi connectivity index (χ0v) is 12.1. The van der Waals surface area contributed by atoms with Crippen molar-refractivity contribution in [3.05, 3.63) is 34.9 Å². The summed E-state index contributed by atoms with van der Waals surface area (Å²) in [5.41, 5.74) is 2.09. The average molecular weight is 265 g/mol. The van der Waals surface area contributed by atoms with Crippen LogP contribution in [0.2, 0.25) is 0 Å². The molecule has 0 saturated carbocycles. The molecular weight excluding hydrogens is 242 g/mol. The molecule has 0 unspecified atom stereocenters. The van der Waals surface area contributed by atoms with Crippen molar-refractivity contribution in [2.45, 2.75) is 32.7 Å². The normalized spacial score (nSPS) is 13.9. The van der Waals surface area contributed by atoms with E-state index in [0.29, 0.717) is 18.6 Å². The highest BCUT2D eigenvalue weighted by atomic mass is 16.5. The lowest BCUT2D eigenvalue weighted by atomic mass is 9.97. The highest BCUT2D eigenvalue weighted by molar-refractivity contribution is 5.96. The number of hydrogen-bond donors (Lipinski definition) is 2. The minimum atomic E-state index is -0.559. The van der Waals surface area contributed by atoms with Crippen LogP contribution in [0.25, 0.3) is 0 Å². The summed E-state index contributed by atoms with van der Waals surface area (Å²) in [6.45, 7) is 6.11. The molecule has 1 amide bonds. The quantitative estimate of drug-likeness (QED) is 0.825. The largest absolute Gasteiger partial charge is 0.396 e. The highest BCUT2D eigenvalue weighted by Gasteiger charge is 2.26. The lowest BCUT2D eigenvalue weighted by Crippen LogP contribution is -2.50. The first kappa shape index (κ1) is 15.7. The number of carbonyl (C=O) groups is 1. The first-order chi connectivity index (χ1) is 8.91. The van der Waals surface area contributed by atoms with Gasteiger partial charge in [-0.2, -0.15) is 0 Å². The number of carbonyl (C=O) groups excluding carboxylic acids is 1. The molecule has 1 aromatic carbocycles. The number of aliphatic hydroxyl groups excluding tert-OH is 1. The van der Waals surface area contributed by atoms with Crippen LogP contribution in [0.1, 0.15) is 34.8 Å². The fourth-order valence-electron chi connectivity index (χ4n) is 2.06. The topological polar surface area (TPSA) is 58.6 Å². The molecule has 0 aromatic heterocycles. The second kappa shape index (κ2) is 6.68. The van der Waals surface area contributed by atoms with Crippen LogP contribution in [-0.2, 0) is 4.74 Å². The molecule has 1 atom stereocenters. The molecule has 1 rings (SSSR count). The van der Waals surface area contributed by atoms with Gasteiger partial charge in [0.2, 0.25) is 0 Å². The van der Waals surface area contributed by atoms with Crippen molar-refractivity contribution in [1.82, 2.24) is 5.32 Å². The number of aliphatic hydroxyl groups is 1. The van der Waals surface area contributed by atoms with Gasteiger partial charge in [0.25, 0.3) is 5.91 Å². The minimum absolute atomic E-state index is 0.00688. The molecule has 106 valence electrons. The number of aryl methyl sites for hydroxylation is 2. The van der Waals surface area contributed by atoms with Crippen molar-refractivity contribution in [2.24, 2.45) is 0 Å². The Morgan fingerprint density at radius 1 is 1.42 bits per heavy atom. The van der Waals surface area contributed by atoms with Gasteiger partial charge < -0.3 is 15.2 Å². The van der Waals surface area contributed by atoms with Crippen molar-refractivity contribution in [3.63, 3.8) is 0 Å². The van der Waals surface area contributed by atoms with E-state index in [1.54, 1.807) is 7.11 Å². The zero-order valence-electron chi connectivity index (χ0n) is 12.1. The molecule has 0 aliphatic rings. The average Bonchev–Trinajstić information content (AvgIpc) is 2.32. The monoisotopic (exact) mass is 265 g/mol. The van der Waals surface area contributed by atoms with Gasteiger partial charge in [0, 0.05) is 19.3 Å². The third kappa shape index (κ3) is 4.33. The Hall–Kier alpha value is -1.39. The Labute approximate surface area is 114 Å². The third-order valence-electron chi connectivity index (χ3n) is 3.18. The molecule has 0 bridgehead atoms. The zero-order chi connectivity index (χ0) is 14.5. The summed E-state index contributed by atoms with van der Waals surface area (Å²) in [4.78, 5) is 12.3. The fraction of sp³-hybridized carbons (Fsp3) is 0.533. The van der Waals surface area contributed by atoms with Gasteiger partial charge in [-0.15, -0.1) is 0 Å². The van der Waals surface area contributed by atoms with E-state index in [4.69, 9.17) is 9.84 Å². The number of ether oxygens (including phenoxy) is 1. The maximum atomic E-state index is 12.3. The molecule has 0 spiro atoms. The van der Waals surface area contributed by atoms with Crippen molar-refractivity contribution in [3.8, 4) is 0 Å². The smallest absolute Gasteiger partial charge is 0.252 e. The Morgan fingerprint density at radius 2 is 2.11 bits per heavy atom. The summed E-state index contributed by atoms with van der Waals surface area (Å²) in [5.74, 6) is -0.130. The first-order valence-electron chi connectivity index (χ1n) is 6.41. The molecule has 19 heavy (non-hydrogen) atoms. The number of methoxy groups -OCH3 is 1. The fourth-order valence-corrected chi connectivity index (χ4v) is 2.06. The van der Waals surface area contributed by atoms with Gasteiger partial charge in [0.1, 0.15) is 0 Å². The lowest BCUT2D eigenvalue weighted by molar-refractivity contribution is 0.0725. The van der Waals surface area contributed by atoms with E-state index in [9.17, 15) is 4.79 Å². The van der Waals surface area contributed by atoms with E-state index in [2.05, 4.69) is 5.32 Å². The van der Waals surface area contributed by atoms with E-state index in [1.807, 2.05) is 39.0 Å². The van der Waals surface area contributed by atoms with Gasteiger partial charge in [-0.1, -0.05) is 17.7 Å². The van der Waals surface area contributed by atoms with Crippen LogP contribution in [0.5, 0.6) is 0 Å². The number of benzene rings is 1. The van der Waals surface area contributed by atoms with Gasteiger partial charge in [-0.25, -0.2) is 0 Å². The Kier molecular flexibility index (Phi) is 5.51. The van der Waals surface area contributed by atoms with Crippen molar-refractivity contribution >= 4 is 5.91 Å². The van der Waals surface area contributed by atoms with Crippen molar-refractivity contribution in [1.29, 1.82) is 0 Å². The van der Waals surface area contributed by atoms with Crippen LogP contribution in [0, 0.1) is 13.8 Å². The first-order valence-corrected chi connectivity index (χ1v) is 6.41. The number of amides is 1. The predicted molar refractivity (Wildman–Crippen MR) is 75.4 cm³/mol. The third-order valence-corrected chi connectivity index (χ3v) is 3.18. The molecule has 4 nitrogen and oxygen atoms in total. The predicted octanol–water partition coefficient (Wildman–Crippen LogP) is 1.82. The SMILES string of the molecule is COC[C@@](C)(CCO)NC(=O)c1cc(C)ccc1C. The van der Waals surface area contributed by atoms with Crippen LogP contribution < -0.4 is 5.32 Å². The van der Waals surface area contributed by atoms with Crippen molar-refractivity contribution in [2.75, 3.05) is 20.3 Å². The van der Waals surface area contributed by atoms with E-state index < -0.39 is 5.54 Å². The molecule has 0 radical (unpaired) electrons. The van der Waals surface area contributed by atoms with Gasteiger partial charge in [0.15, 0.2) is 0 Å². The van der Waals surface area contributed by atoms with Gasteiger partial charge in [-0.3, -0.25) is 4.79 Å². The van der Waals surface area contributed by atoms with Crippen LogP contribution in [-0.4, -0.2) is 36.9 Å². The second-order valence-corrected chi connectivity index (χ2v) is 5.24.